The number of pyridine rings is 1. The Balaban J connectivity index is 2.20. The number of anilines is 2. The van der Waals surface area contributed by atoms with Crippen molar-refractivity contribution in [3.05, 3.63) is 65.4 Å². The first kappa shape index (κ1) is 15.9. The van der Waals surface area contributed by atoms with Crippen LogP contribution >= 0.6 is 0 Å². The normalized spacial score (nSPS) is 10.7. The van der Waals surface area contributed by atoms with E-state index in [2.05, 4.69) is 10.3 Å². The Hall–Kier alpha value is -3.02. The van der Waals surface area contributed by atoms with E-state index in [9.17, 15) is 13.6 Å². The highest BCUT2D eigenvalue weighted by atomic mass is 19.1. The van der Waals surface area contributed by atoms with Crippen molar-refractivity contribution in [2.24, 2.45) is 0 Å². The molecule has 0 amide bonds. The van der Waals surface area contributed by atoms with E-state index in [1.165, 1.54) is 13.2 Å². The highest BCUT2D eigenvalue weighted by molar-refractivity contribution is 5.99. The molecule has 4 nitrogen and oxygen atoms in total. The van der Waals surface area contributed by atoms with Crippen LogP contribution in [0.5, 0.6) is 0 Å². The third-order valence-electron chi connectivity index (χ3n) is 3.63. The molecule has 2 aromatic carbocycles. The Labute approximate surface area is 137 Å². The molecule has 1 aromatic heterocycles. The number of carbonyl (C=O) groups excluding carboxylic acids is 1. The van der Waals surface area contributed by atoms with Gasteiger partial charge in [-0.3, -0.25) is 0 Å². The Bertz CT molecular complexity index is 942. The van der Waals surface area contributed by atoms with Gasteiger partial charge < -0.3 is 10.1 Å². The predicted molar refractivity (Wildman–Crippen MR) is 87.5 cm³/mol. The number of fused-ring (bicyclic) bond motifs is 1. The van der Waals surface area contributed by atoms with Crippen molar-refractivity contribution in [3.63, 3.8) is 0 Å². The van der Waals surface area contributed by atoms with Crippen molar-refractivity contribution in [1.29, 1.82) is 0 Å². The molecular weight excluding hydrogens is 314 g/mol. The predicted octanol–water partition coefficient (Wildman–Crippen LogP) is 4.35. The summed E-state index contributed by atoms with van der Waals surface area (Å²) in [4.78, 5) is 16.2. The van der Waals surface area contributed by atoms with Crippen LogP contribution in [0, 0.1) is 18.6 Å². The number of nitrogens with zero attached hydrogens (tertiary/aromatic N) is 1. The van der Waals surface area contributed by atoms with Crippen molar-refractivity contribution >= 4 is 28.2 Å². The molecule has 24 heavy (non-hydrogen) atoms. The lowest BCUT2D eigenvalue weighted by Gasteiger charge is -2.13. The van der Waals surface area contributed by atoms with Crippen LogP contribution < -0.4 is 5.32 Å². The highest BCUT2D eigenvalue weighted by Crippen LogP contribution is 2.29. The zero-order chi connectivity index (χ0) is 17.3. The minimum absolute atomic E-state index is 0.0279. The third-order valence-corrected chi connectivity index (χ3v) is 3.63. The Morgan fingerprint density at radius 2 is 1.92 bits per heavy atom. The van der Waals surface area contributed by atoms with Gasteiger partial charge in [0.15, 0.2) is 5.69 Å². The number of aromatic nitrogens is 1. The maximum Gasteiger partial charge on any atom is 0.356 e. The van der Waals surface area contributed by atoms with E-state index >= 15 is 0 Å². The zero-order valence-electron chi connectivity index (χ0n) is 13.1. The fourth-order valence-electron chi connectivity index (χ4n) is 2.44. The average molecular weight is 328 g/mol. The van der Waals surface area contributed by atoms with Crippen LogP contribution in [0.25, 0.3) is 10.9 Å². The summed E-state index contributed by atoms with van der Waals surface area (Å²) >= 11 is 0. The van der Waals surface area contributed by atoms with Gasteiger partial charge in [0, 0.05) is 11.5 Å². The van der Waals surface area contributed by atoms with Crippen molar-refractivity contribution in [2.45, 2.75) is 6.92 Å². The van der Waals surface area contributed by atoms with E-state index in [1.807, 2.05) is 19.1 Å². The molecule has 0 radical (unpaired) electrons. The second kappa shape index (κ2) is 6.23. The lowest BCUT2D eigenvalue weighted by Crippen LogP contribution is -2.07. The quantitative estimate of drug-likeness (QED) is 0.726. The second-order valence-corrected chi connectivity index (χ2v) is 5.27. The van der Waals surface area contributed by atoms with Gasteiger partial charge in [-0.05, 0) is 30.7 Å². The van der Waals surface area contributed by atoms with Gasteiger partial charge in [0.2, 0.25) is 0 Å². The van der Waals surface area contributed by atoms with Gasteiger partial charge in [-0.2, -0.15) is 0 Å². The van der Waals surface area contributed by atoms with Gasteiger partial charge in [-0.15, -0.1) is 0 Å². The number of esters is 1. The third kappa shape index (κ3) is 2.90. The van der Waals surface area contributed by atoms with Crippen molar-refractivity contribution in [3.8, 4) is 0 Å². The van der Waals surface area contributed by atoms with Gasteiger partial charge in [-0.25, -0.2) is 18.6 Å². The molecule has 0 saturated carbocycles. The molecule has 0 bridgehead atoms. The standard InChI is InChI=1S/C18H14F2N2O2/c1-10-4-3-5-12-14(9-16(18(23)24-2)22-17(10)12)21-15-8-11(19)6-7-13(15)20/h3-9H,1-2H3,(H,21,22). The Morgan fingerprint density at radius 1 is 1.12 bits per heavy atom. The molecule has 6 heteroatoms. The topological polar surface area (TPSA) is 51.2 Å². The average Bonchev–Trinajstić information content (AvgIpc) is 2.58. The molecule has 3 aromatic rings. The van der Waals surface area contributed by atoms with E-state index in [-0.39, 0.29) is 11.4 Å². The van der Waals surface area contributed by atoms with E-state index < -0.39 is 17.6 Å². The summed E-state index contributed by atoms with van der Waals surface area (Å²) < 4.78 is 32.0. The number of benzene rings is 2. The fraction of sp³-hybridized carbons (Fsp3) is 0.111. The molecule has 0 unspecified atom stereocenters. The van der Waals surface area contributed by atoms with Gasteiger partial charge in [0.25, 0.3) is 0 Å². The number of hydrogen-bond donors (Lipinski definition) is 1. The lowest BCUT2D eigenvalue weighted by molar-refractivity contribution is 0.0594. The first-order valence-corrected chi connectivity index (χ1v) is 7.20. The van der Waals surface area contributed by atoms with Crippen LogP contribution in [0.4, 0.5) is 20.2 Å². The molecule has 1 heterocycles. The zero-order valence-corrected chi connectivity index (χ0v) is 13.1. The van der Waals surface area contributed by atoms with E-state index in [0.717, 1.165) is 23.8 Å². The molecule has 0 spiro atoms. The Kier molecular flexibility index (Phi) is 4.12. The van der Waals surface area contributed by atoms with E-state index in [0.29, 0.717) is 16.6 Å². The maximum absolute atomic E-state index is 13.9. The van der Waals surface area contributed by atoms with E-state index in [1.54, 1.807) is 6.07 Å². The van der Waals surface area contributed by atoms with Crippen LogP contribution in [0.3, 0.4) is 0 Å². The lowest BCUT2D eigenvalue weighted by atomic mass is 10.1. The van der Waals surface area contributed by atoms with Crippen LogP contribution in [0.15, 0.2) is 42.5 Å². The van der Waals surface area contributed by atoms with Crippen LogP contribution in [0.2, 0.25) is 0 Å². The number of rotatable bonds is 3. The van der Waals surface area contributed by atoms with Crippen LogP contribution in [-0.4, -0.2) is 18.1 Å². The minimum Gasteiger partial charge on any atom is -0.464 e. The van der Waals surface area contributed by atoms with Gasteiger partial charge in [0.1, 0.15) is 11.6 Å². The fourth-order valence-corrected chi connectivity index (χ4v) is 2.44. The van der Waals surface area contributed by atoms with Crippen LogP contribution in [-0.2, 0) is 4.74 Å². The number of methoxy groups -OCH3 is 1. The number of hydrogen-bond acceptors (Lipinski definition) is 4. The summed E-state index contributed by atoms with van der Waals surface area (Å²) in [5, 5.41) is 3.53. The summed E-state index contributed by atoms with van der Waals surface area (Å²) in [6.07, 6.45) is 0. The monoisotopic (exact) mass is 328 g/mol. The largest absolute Gasteiger partial charge is 0.464 e. The molecule has 0 aliphatic carbocycles. The number of nitrogens with one attached hydrogen (secondary N) is 1. The van der Waals surface area contributed by atoms with Crippen LogP contribution in [0.1, 0.15) is 16.1 Å². The smallest absolute Gasteiger partial charge is 0.356 e. The van der Waals surface area contributed by atoms with Gasteiger partial charge in [-0.1, -0.05) is 18.2 Å². The van der Waals surface area contributed by atoms with Crippen molar-refractivity contribution < 1.29 is 18.3 Å². The molecule has 0 fully saturated rings. The molecule has 0 atom stereocenters. The first-order chi connectivity index (χ1) is 11.5. The molecule has 3 rings (SSSR count). The molecule has 1 N–H and O–H groups in total. The van der Waals surface area contributed by atoms with Crippen molar-refractivity contribution in [1.82, 2.24) is 4.98 Å². The van der Waals surface area contributed by atoms with Crippen molar-refractivity contribution in [2.75, 3.05) is 12.4 Å². The Morgan fingerprint density at radius 3 is 2.67 bits per heavy atom. The number of aryl methyl sites for hydroxylation is 1. The molecule has 0 aliphatic heterocycles. The number of carbonyl (C=O) groups is 1. The first-order valence-electron chi connectivity index (χ1n) is 7.20. The summed E-state index contributed by atoms with van der Waals surface area (Å²) in [7, 11) is 1.26. The molecule has 122 valence electrons. The van der Waals surface area contributed by atoms with Gasteiger partial charge >= 0.3 is 5.97 Å². The summed E-state index contributed by atoms with van der Waals surface area (Å²) in [5.74, 6) is -1.78. The molecule has 0 saturated heterocycles. The summed E-state index contributed by atoms with van der Waals surface area (Å²) in [6, 6.07) is 10.0. The molecular formula is C18H14F2N2O2. The SMILES string of the molecule is COC(=O)c1cc(Nc2cc(F)ccc2F)c2cccc(C)c2n1. The molecule has 0 aliphatic rings. The van der Waals surface area contributed by atoms with Gasteiger partial charge in [0.05, 0.1) is 24.0 Å². The van der Waals surface area contributed by atoms with E-state index in [4.69, 9.17) is 4.74 Å². The summed E-state index contributed by atoms with van der Waals surface area (Å²) in [5.41, 5.74) is 1.92. The number of halogens is 2. The number of para-hydroxylation sites is 1. The highest BCUT2D eigenvalue weighted by Gasteiger charge is 2.15. The summed E-state index contributed by atoms with van der Waals surface area (Å²) in [6.45, 7) is 1.85. The number of ether oxygens (including phenoxy) is 1. The minimum atomic E-state index is -0.608. The second-order valence-electron chi connectivity index (χ2n) is 5.27. The maximum atomic E-state index is 13.9.